The summed E-state index contributed by atoms with van der Waals surface area (Å²) in [5.41, 5.74) is 0.462. The number of phenols is 1. The first kappa shape index (κ1) is 63.4. The first-order valence-corrected chi connectivity index (χ1v) is 27.2. The number of nitrogens with zero attached hydrogens (tertiary/aromatic N) is 3. The van der Waals surface area contributed by atoms with Gasteiger partial charge in [0.1, 0.15) is 54.2 Å². The van der Waals surface area contributed by atoms with Crippen LogP contribution in [0.3, 0.4) is 0 Å². The Balaban J connectivity index is 1.85. The molecule has 0 saturated carbocycles. The van der Waals surface area contributed by atoms with E-state index in [9.17, 15) is 63.3 Å². The number of aliphatic hydroxyl groups excluding tert-OH is 2. The summed E-state index contributed by atoms with van der Waals surface area (Å²) >= 11 is 0. The third kappa shape index (κ3) is 16.9. The first-order valence-electron chi connectivity index (χ1n) is 27.2. The molecule has 3 aliphatic heterocycles. The number of cyclic esters (lactones) is 2. The minimum atomic E-state index is -1.78. The summed E-state index contributed by atoms with van der Waals surface area (Å²) in [6.07, 6.45) is -5.22. The fourth-order valence-electron chi connectivity index (χ4n) is 10.1. The molecule has 0 spiro atoms. The van der Waals surface area contributed by atoms with Crippen LogP contribution in [0.15, 0.2) is 24.3 Å². The van der Waals surface area contributed by atoms with Gasteiger partial charge in [-0.05, 0) is 101 Å². The molecule has 7 amide bonds. The van der Waals surface area contributed by atoms with Gasteiger partial charge in [0.15, 0.2) is 11.9 Å². The van der Waals surface area contributed by atoms with Crippen LogP contribution in [0.1, 0.15) is 133 Å². The molecule has 3 aliphatic rings. The highest BCUT2D eigenvalue weighted by Gasteiger charge is 2.45. The number of ketones is 1. The lowest BCUT2D eigenvalue weighted by atomic mass is 9.91. The van der Waals surface area contributed by atoms with E-state index >= 15 is 0 Å². The second-order valence-electron chi connectivity index (χ2n) is 22.4. The van der Waals surface area contributed by atoms with Crippen LogP contribution in [-0.4, -0.2) is 176 Å². The van der Waals surface area contributed by atoms with Gasteiger partial charge in [0, 0.05) is 26.6 Å². The van der Waals surface area contributed by atoms with Gasteiger partial charge in [-0.15, -0.1) is 0 Å². The fraction of sp³-hybridized carbons (Fsp3) is 0.709. The van der Waals surface area contributed by atoms with E-state index in [4.69, 9.17) is 9.47 Å². The summed E-state index contributed by atoms with van der Waals surface area (Å²) in [4.78, 5) is 146. The van der Waals surface area contributed by atoms with E-state index in [0.717, 1.165) is 0 Å². The molecule has 0 bridgehead atoms. The molecule has 0 radical (unpaired) electrons. The van der Waals surface area contributed by atoms with Gasteiger partial charge in [0.25, 0.3) is 5.91 Å². The maximum absolute atomic E-state index is 14.9. The number of aromatic hydroxyl groups is 1. The third-order valence-corrected chi connectivity index (χ3v) is 14.8. The number of carbonyl (C=O) groups is 10. The van der Waals surface area contributed by atoms with Gasteiger partial charge in [-0.1, -0.05) is 73.9 Å². The Morgan fingerprint density at radius 1 is 0.818 bits per heavy atom. The monoisotopic (exact) mass is 1080 g/mol. The summed E-state index contributed by atoms with van der Waals surface area (Å²) in [5.74, 6) is -11.2. The number of likely N-dealkylation sites (tertiary alicyclic amines) is 1. The van der Waals surface area contributed by atoms with Crippen LogP contribution in [-0.2, 0) is 63.8 Å². The highest BCUT2D eigenvalue weighted by atomic mass is 16.6. The molecule has 1 aromatic rings. The Hall–Kier alpha value is -6.16. The molecule has 22 nitrogen and oxygen atoms in total. The van der Waals surface area contributed by atoms with Crippen molar-refractivity contribution < 1.29 is 72.7 Å². The van der Waals surface area contributed by atoms with Gasteiger partial charge in [-0.25, -0.2) is 4.79 Å². The number of aliphatic hydroxyl groups is 2. The Morgan fingerprint density at radius 2 is 1.44 bits per heavy atom. The molecule has 0 aromatic heterocycles. The van der Waals surface area contributed by atoms with Crippen molar-refractivity contribution in [2.24, 2.45) is 29.6 Å². The lowest BCUT2D eigenvalue weighted by Crippen LogP contribution is -2.62. The number of benzene rings is 1. The van der Waals surface area contributed by atoms with Crippen molar-refractivity contribution in [3.05, 3.63) is 29.8 Å². The molecule has 77 heavy (non-hydrogen) atoms. The maximum Gasteiger partial charge on any atom is 0.329 e. The second-order valence-corrected chi connectivity index (χ2v) is 22.4. The van der Waals surface area contributed by atoms with Crippen molar-refractivity contribution in [1.29, 1.82) is 0 Å². The van der Waals surface area contributed by atoms with Crippen LogP contribution in [0.2, 0.25) is 0 Å². The number of nitrogens with one attached hydrogen (secondary N) is 4. The number of phenolic OH excluding ortho intramolecular Hbond substituents is 1. The molecule has 3 fully saturated rings. The summed E-state index contributed by atoms with van der Waals surface area (Å²) < 4.78 is 11.7. The van der Waals surface area contributed by atoms with Gasteiger partial charge in [0.05, 0.1) is 24.5 Å². The van der Waals surface area contributed by atoms with E-state index in [1.165, 1.54) is 66.8 Å². The van der Waals surface area contributed by atoms with Crippen LogP contribution in [0, 0.1) is 29.6 Å². The standard InChI is InChI=1S/C55H85N7O15/c1-13-31(8)44-42(65)27-43(66)77-47(30(6)7)46(67)32(9)48(68)56-37(24-28(2)3)53(73)61-22-14-16-39(61)49(69)57-38(26-35-18-20-36(64)21-19-35)55(75)76-34(11)45(51(71)58-44)59-50(70)41(25-29(4)5)60(12)54(74)40-17-15-23-62(40)52(72)33(10)63/h18-21,28-34,37-42,44-45,47,63-65H,13-17,22-27H2,1-12H3,(H,56,68)(H,57,69)(H,58,71)(H,59,70)/t31-,32-,33-,34+,37-,38-,39-,40-,41+,42-,44-,45+,47-/m0/s1. The number of fused-ring (bicyclic) bond motifs is 1. The highest BCUT2D eigenvalue weighted by molar-refractivity contribution is 6.05. The van der Waals surface area contributed by atoms with Crippen molar-refractivity contribution in [1.82, 2.24) is 36.0 Å². The summed E-state index contributed by atoms with van der Waals surface area (Å²) in [7, 11) is 1.39. The molecule has 0 aliphatic carbocycles. The average Bonchev–Trinajstić information content (AvgIpc) is 4.07. The number of Topliss-reactive ketones (excluding diaryl/α,β-unsaturated/α-hetero) is 1. The summed E-state index contributed by atoms with van der Waals surface area (Å²) in [5, 5.41) is 42.9. The Labute approximate surface area is 452 Å². The topological polar surface area (TPSA) is 308 Å². The van der Waals surface area contributed by atoms with Crippen LogP contribution >= 0.6 is 0 Å². The summed E-state index contributed by atoms with van der Waals surface area (Å²) in [6.45, 7) is 18.2. The van der Waals surface area contributed by atoms with E-state index in [-0.39, 0.29) is 62.8 Å². The zero-order chi connectivity index (χ0) is 57.7. The number of esters is 2. The normalized spacial score (nSPS) is 28.0. The van der Waals surface area contributed by atoms with Crippen molar-refractivity contribution in [2.75, 3.05) is 20.1 Å². The minimum Gasteiger partial charge on any atom is -0.508 e. The molecule has 7 N–H and O–H groups in total. The maximum atomic E-state index is 14.9. The Morgan fingerprint density at radius 3 is 2.03 bits per heavy atom. The smallest absolute Gasteiger partial charge is 0.329 e. The molecule has 430 valence electrons. The predicted molar refractivity (Wildman–Crippen MR) is 281 cm³/mol. The number of hydrogen-bond donors (Lipinski definition) is 7. The predicted octanol–water partition coefficient (Wildman–Crippen LogP) is 1.67. The molecule has 1 aromatic carbocycles. The average molecular weight is 1080 g/mol. The number of amides is 7. The quantitative estimate of drug-likeness (QED) is 0.103. The molecule has 3 saturated heterocycles. The van der Waals surface area contributed by atoms with Crippen LogP contribution in [0.4, 0.5) is 0 Å². The van der Waals surface area contributed by atoms with Crippen molar-refractivity contribution >= 4 is 59.1 Å². The van der Waals surface area contributed by atoms with Crippen molar-refractivity contribution in [2.45, 2.75) is 201 Å². The molecule has 4 rings (SSSR count). The Bertz CT molecular complexity index is 2270. The number of likely N-dealkylation sites (N-methyl/N-ethyl adjacent to an activating group) is 1. The van der Waals surface area contributed by atoms with E-state index < -0.39 is 150 Å². The van der Waals surface area contributed by atoms with Gasteiger partial charge in [0.2, 0.25) is 35.4 Å². The number of rotatable bonds is 14. The van der Waals surface area contributed by atoms with Gasteiger partial charge in [-0.3, -0.25) is 43.2 Å². The molecular formula is C55H85N7O15. The molecule has 13 atom stereocenters. The van der Waals surface area contributed by atoms with Crippen LogP contribution in [0.25, 0.3) is 0 Å². The lowest BCUT2D eigenvalue weighted by molar-refractivity contribution is -0.162. The van der Waals surface area contributed by atoms with Gasteiger partial charge < -0.3 is 60.8 Å². The van der Waals surface area contributed by atoms with Crippen LogP contribution in [0.5, 0.6) is 5.75 Å². The van der Waals surface area contributed by atoms with E-state index in [1.54, 1.807) is 27.7 Å². The lowest BCUT2D eigenvalue weighted by Gasteiger charge is -2.36. The molecule has 22 heteroatoms. The SMILES string of the molecule is CC[C@H](C)[C@@H]1NC(=O)[C@H](NC(=O)[C@@H](CC(C)C)N(C)C(=O)[C@@H]2CCCN2C(=O)[C@H](C)O)[C@@H](C)OC(=O)[C@H](Cc2ccc(O)cc2)NC(=O)[C@@H]2CCCN2C(=O)[C@H](CC(C)C)NC(=O)[C@@H](C)C(=O)[C@H](C(C)C)OC(=O)C[C@@H]1O. The van der Waals surface area contributed by atoms with Gasteiger partial charge >= 0.3 is 11.9 Å². The third-order valence-electron chi connectivity index (χ3n) is 14.8. The molecule has 0 unspecified atom stereocenters. The minimum absolute atomic E-state index is 0.0620. The number of hydrogen-bond acceptors (Lipinski definition) is 15. The number of ether oxygens (including phenoxy) is 2. The second kappa shape index (κ2) is 28.5. The van der Waals surface area contributed by atoms with Crippen molar-refractivity contribution in [3.8, 4) is 5.75 Å². The van der Waals surface area contributed by atoms with Crippen LogP contribution < -0.4 is 21.3 Å². The molecule has 3 heterocycles. The highest BCUT2D eigenvalue weighted by Crippen LogP contribution is 2.26. The zero-order valence-electron chi connectivity index (χ0n) is 46.9. The molecular weight excluding hydrogens is 999 g/mol. The first-order chi connectivity index (χ1) is 36.1. The number of carbonyl (C=O) groups excluding carboxylic acids is 10. The fourth-order valence-corrected chi connectivity index (χ4v) is 10.1. The van der Waals surface area contributed by atoms with E-state index in [0.29, 0.717) is 24.8 Å². The Kier molecular flexibility index (Phi) is 23.4. The van der Waals surface area contributed by atoms with E-state index in [1.807, 2.05) is 27.7 Å². The van der Waals surface area contributed by atoms with Crippen molar-refractivity contribution in [3.63, 3.8) is 0 Å². The summed E-state index contributed by atoms with van der Waals surface area (Å²) in [6, 6.07) is -3.30. The zero-order valence-corrected chi connectivity index (χ0v) is 46.9. The van der Waals surface area contributed by atoms with Gasteiger partial charge in [-0.2, -0.15) is 0 Å². The largest absolute Gasteiger partial charge is 0.508 e. The van der Waals surface area contributed by atoms with E-state index in [2.05, 4.69) is 21.3 Å².